The van der Waals surface area contributed by atoms with Crippen LogP contribution in [0.3, 0.4) is 0 Å². The van der Waals surface area contributed by atoms with Crippen molar-refractivity contribution >= 4 is 11.8 Å². The van der Waals surface area contributed by atoms with Crippen molar-refractivity contribution in [1.82, 2.24) is 9.97 Å². The maximum absolute atomic E-state index is 12.7. The minimum atomic E-state index is -1.02. The largest absolute Gasteiger partial charge is 0.493 e. The van der Waals surface area contributed by atoms with Crippen LogP contribution in [0.15, 0.2) is 67.1 Å². The van der Waals surface area contributed by atoms with Crippen molar-refractivity contribution in [2.24, 2.45) is 5.92 Å². The van der Waals surface area contributed by atoms with E-state index in [9.17, 15) is 9.59 Å². The second kappa shape index (κ2) is 10.3. The monoisotopic (exact) mass is 420 g/mol. The van der Waals surface area contributed by atoms with Crippen molar-refractivity contribution in [3.63, 3.8) is 0 Å². The highest BCUT2D eigenvalue weighted by Gasteiger charge is 2.36. The Balaban J connectivity index is 2.06. The van der Waals surface area contributed by atoms with Crippen LogP contribution in [0.2, 0.25) is 0 Å². The van der Waals surface area contributed by atoms with Gasteiger partial charge < -0.3 is 14.2 Å². The quantitative estimate of drug-likeness (QED) is 0.379. The third kappa shape index (κ3) is 5.25. The molecule has 3 rings (SSSR count). The molecule has 160 valence electrons. The van der Waals surface area contributed by atoms with Crippen LogP contribution >= 0.6 is 0 Å². The molecule has 0 saturated heterocycles. The van der Waals surface area contributed by atoms with Crippen molar-refractivity contribution in [2.45, 2.75) is 19.8 Å². The lowest BCUT2D eigenvalue weighted by Gasteiger charge is -2.25. The van der Waals surface area contributed by atoms with Gasteiger partial charge in [0.15, 0.2) is 11.5 Å². The number of Topliss-reactive ketones (excluding diaryl/α,β-unsaturated/α-hetero) is 1. The van der Waals surface area contributed by atoms with Crippen molar-refractivity contribution in [2.75, 3.05) is 13.7 Å². The third-order valence-corrected chi connectivity index (χ3v) is 4.75. The Hall–Kier alpha value is -3.74. The van der Waals surface area contributed by atoms with Gasteiger partial charge in [-0.1, -0.05) is 18.2 Å². The minimum absolute atomic E-state index is 0.183. The van der Waals surface area contributed by atoms with Crippen molar-refractivity contribution in [1.29, 1.82) is 0 Å². The Morgan fingerprint density at radius 3 is 2.45 bits per heavy atom. The Morgan fingerprint density at radius 2 is 1.84 bits per heavy atom. The highest BCUT2D eigenvalue weighted by molar-refractivity contribution is 5.99. The Bertz CT molecular complexity index is 1020. The Kier molecular flexibility index (Phi) is 7.32. The van der Waals surface area contributed by atoms with E-state index in [-0.39, 0.29) is 12.4 Å². The topological polar surface area (TPSA) is 87.6 Å². The predicted octanol–water partition coefficient (Wildman–Crippen LogP) is 4.18. The average molecular weight is 420 g/mol. The second-order valence-electron chi connectivity index (χ2n) is 6.78. The number of esters is 1. The predicted molar refractivity (Wildman–Crippen MR) is 114 cm³/mol. The summed E-state index contributed by atoms with van der Waals surface area (Å²) < 4.78 is 16.6. The van der Waals surface area contributed by atoms with Gasteiger partial charge in [-0.15, -0.1) is 0 Å². The molecule has 2 unspecified atom stereocenters. The zero-order valence-electron chi connectivity index (χ0n) is 17.6. The molecule has 2 heterocycles. The smallest absolute Gasteiger partial charge is 0.317 e. The van der Waals surface area contributed by atoms with E-state index >= 15 is 0 Å². The SMILES string of the molecule is CCOC(=O)C(C(C)=O)C(c1cccnc1)c1ccc(Oc2ccccn2)c(OC)c1. The number of pyridine rings is 2. The number of carbonyl (C=O) groups excluding carboxylic acids is 2. The zero-order chi connectivity index (χ0) is 22.2. The van der Waals surface area contributed by atoms with Gasteiger partial charge in [-0.05, 0) is 49.2 Å². The van der Waals surface area contributed by atoms with E-state index in [2.05, 4.69) is 9.97 Å². The second-order valence-corrected chi connectivity index (χ2v) is 6.78. The van der Waals surface area contributed by atoms with Gasteiger partial charge >= 0.3 is 5.97 Å². The van der Waals surface area contributed by atoms with Gasteiger partial charge in [-0.25, -0.2) is 4.98 Å². The molecular weight excluding hydrogens is 396 g/mol. The van der Waals surface area contributed by atoms with Crippen LogP contribution in [0.4, 0.5) is 0 Å². The molecule has 0 N–H and O–H groups in total. The molecular formula is C24H24N2O5. The van der Waals surface area contributed by atoms with Crippen molar-refractivity contribution in [3.8, 4) is 17.4 Å². The summed E-state index contributed by atoms with van der Waals surface area (Å²) in [4.78, 5) is 33.6. The molecule has 0 radical (unpaired) electrons. The summed E-state index contributed by atoms with van der Waals surface area (Å²) in [7, 11) is 1.53. The van der Waals surface area contributed by atoms with E-state index in [1.54, 1.807) is 61.9 Å². The number of hydrogen-bond donors (Lipinski definition) is 0. The normalized spacial score (nSPS) is 12.5. The van der Waals surface area contributed by atoms with Crippen molar-refractivity contribution in [3.05, 3.63) is 78.2 Å². The molecule has 7 heteroatoms. The first-order valence-electron chi connectivity index (χ1n) is 9.89. The van der Waals surface area contributed by atoms with Gasteiger partial charge in [-0.2, -0.15) is 0 Å². The number of ketones is 1. The van der Waals surface area contributed by atoms with E-state index in [4.69, 9.17) is 14.2 Å². The Morgan fingerprint density at radius 1 is 1.00 bits per heavy atom. The van der Waals surface area contributed by atoms with E-state index < -0.39 is 17.8 Å². The molecule has 0 aliphatic carbocycles. The molecule has 2 atom stereocenters. The zero-order valence-corrected chi connectivity index (χ0v) is 17.6. The fraction of sp³-hybridized carbons (Fsp3) is 0.250. The van der Waals surface area contributed by atoms with Crippen LogP contribution in [-0.4, -0.2) is 35.4 Å². The van der Waals surface area contributed by atoms with Gasteiger partial charge in [0.1, 0.15) is 11.7 Å². The third-order valence-electron chi connectivity index (χ3n) is 4.75. The fourth-order valence-electron chi connectivity index (χ4n) is 3.39. The number of ether oxygens (including phenoxy) is 3. The molecule has 3 aromatic rings. The molecule has 2 aromatic heterocycles. The minimum Gasteiger partial charge on any atom is -0.493 e. The average Bonchev–Trinajstić information content (AvgIpc) is 2.79. The van der Waals surface area contributed by atoms with E-state index in [1.807, 2.05) is 12.1 Å². The van der Waals surface area contributed by atoms with E-state index in [0.717, 1.165) is 5.56 Å². The van der Waals surface area contributed by atoms with Gasteiger partial charge in [-0.3, -0.25) is 14.6 Å². The van der Waals surface area contributed by atoms with Gasteiger partial charge in [0.25, 0.3) is 0 Å². The maximum atomic E-state index is 12.7. The number of nitrogens with zero attached hydrogens (tertiary/aromatic N) is 2. The van der Waals surface area contributed by atoms with Crippen molar-refractivity contribution < 1.29 is 23.8 Å². The first-order valence-corrected chi connectivity index (χ1v) is 9.89. The summed E-state index contributed by atoms with van der Waals surface area (Å²) in [5.74, 6) is -1.14. The molecule has 0 fully saturated rings. The number of benzene rings is 1. The molecule has 31 heavy (non-hydrogen) atoms. The maximum Gasteiger partial charge on any atom is 0.317 e. The van der Waals surface area contributed by atoms with E-state index in [0.29, 0.717) is 22.9 Å². The molecule has 0 saturated carbocycles. The molecule has 1 aromatic carbocycles. The molecule has 0 bridgehead atoms. The van der Waals surface area contributed by atoms with E-state index in [1.165, 1.54) is 14.0 Å². The number of aromatic nitrogens is 2. The van der Waals surface area contributed by atoms with Crippen LogP contribution in [0.5, 0.6) is 17.4 Å². The number of rotatable bonds is 9. The lowest BCUT2D eigenvalue weighted by molar-refractivity contribution is -0.151. The van der Waals surface area contributed by atoms with Gasteiger partial charge in [0, 0.05) is 30.6 Å². The fourth-order valence-corrected chi connectivity index (χ4v) is 3.39. The Labute approximate surface area is 181 Å². The highest BCUT2D eigenvalue weighted by atomic mass is 16.5. The van der Waals surface area contributed by atoms with Crippen LogP contribution in [0.25, 0.3) is 0 Å². The summed E-state index contributed by atoms with van der Waals surface area (Å²) in [6.07, 6.45) is 4.91. The summed E-state index contributed by atoms with van der Waals surface area (Å²) in [5.41, 5.74) is 1.42. The standard InChI is InChI=1S/C24H24N2O5/c1-4-30-24(28)22(16(2)27)23(18-8-7-12-25-15-18)17-10-11-19(20(14-17)29-3)31-21-9-5-6-13-26-21/h5-15,22-23H,4H2,1-3H3. The number of hydrogen-bond acceptors (Lipinski definition) is 7. The molecule has 0 aliphatic heterocycles. The van der Waals surface area contributed by atoms with Gasteiger partial charge in [0.2, 0.25) is 5.88 Å². The summed E-state index contributed by atoms with van der Waals surface area (Å²) >= 11 is 0. The first kappa shape index (κ1) is 22.0. The molecule has 0 spiro atoms. The highest BCUT2D eigenvalue weighted by Crippen LogP contribution is 2.39. The van der Waals surface area contributed by atoms with Crippen LogP contribution < -0.4 is 9.47 Å². The number of methoxy groups -OCH3 is 1. The molecule has 0 aliphatic rings. The number of carbonyl (C=O) groups is 2. The summed E-state index contributed by atoms with van der Waals surface area (Å²) in [5, 5.41) is 0. The lowest BCUT2D eigenvalue weighted by Crippen LogP contribution is -2.31. The van der Waals surface area contributed by atoms with Crippen LogP contribution in [0, 0.1) is 5.92 Å². The molecule has 0 amide bonds. The first-order chi connectivity index (χ1) is 15.0. The molecule has 7 nitrogen and oxygen atoms in total. The lowest BCUT2D eigenvalue weighted by atomic mass is 9.79. The van der Waals surface area contributed by atoms with Crippen LogP contribution in [0.1, 0.15) is 30.9 Å². The van der Waals surface area contributed by atoms with Crippen LogP contribution in [-0.2, 0) is 14.3 Å². The van der Waals surface area contributed by atoms with Gasteiger partial charge in [0.05, 0.1) is 13.7 Å². The summed E-state index contributed by atoms with van der Waals surface area (Å²) in [6, 6.07) is 14.2. The summed E-state index contributed by atoms with van der Waals surface area (Å²) in [6.45, 7) is 3.28.